The summed E-state index contributed by atoms with van der Waals surface area (Å²) in [7, 11) is 0. The van der Waals surface area contributed by atoms with E-state index in [9.17, 15) is 0 Å². The quantitative estimate of drug-likeness (QED) is 0.198. The van der Waals surface area contributed by atoms with E-state index >= 15 is 0 Å². The highest BCUT2D eigenvalue weighted by Gasteiger charge is 2.40. The van der Waals surface area contributed by atoms with Crippen LogP contribution in [0.2, 0.25) is 0 Å². The Labute approximate surface area is 277 Å². The topological polar surface area (TPSA) is 51.8 Å². The van der Waals surface area contributed by atoms with Crippen molar-refractivity contribution in [1.82, 2.24) is 15.0 Å². The Hall–Kier alpha value is -6.13. The van der Waals surface area contributed by atoms with Crippen LogP contribution in [0.5, 0.6) is 0 Å². The molecule has 0 unspecified atom stereocenters. The Morgan fingerprint density at radius 1 is 0.500 bits per heavy atom. The predicted molar refractivity (Wildman–Crippen MR) is 196 cm³/mol. The van der Waals surface area contributed by atoms with Crippen LogP contribution in [0, 0.1) is 0 Å². The minimum absolute atomic E-state index is 0.247. The average molecular weight is 616 g/mol. The summed E-state index contributed by atoms with van der Waals surface area (Å²) in [5, 5.41) is 6.81. The maximum Gasteiger partial charge on any atom is 0.164 e. The zero-order chi connectivity index (χ0) is 32.0. The Bertz CT molecular complexity index is 2760. The highest BCUT2D eigenvalue weighted by Crippen LogP contribution is 2.57. The first-order valence-electron chi connectivity index (χ1n) is 16.4. The van der Waals surface area contributed by atoms with Crippen molar-refractivity contribution >= 4 is 43.5 Å². The number of fused-ring (bicyclic) bond motifs is 11. The first kappa shape index (κ1) is 27.0. The molecule has 0 atom stereocenters. The van der Waals surface area contributed by atoms with Crippen LogP contribution in [0.1, 0.15) is 25.0 Å². The number of rotatable bonds is 3. The first-order valence-corrected chi connectivity index (χ1v) is 16.4. The first-order chi connectivity index (χ1) is 23.6. The van der Waals surface area contributed by atoms with E-state index in [1.165, 1.54) is 33.0 Å². The van der Waals surface area contributed by atoms with Gasteiger partial charge in [-0.1, -0.05) is 141 Å². The molecule has 4 heteroatoms. The number of para-hydroxylation sites is 1. The van der Waals surface area contributed by atoms with E-state index in [4.69, 9.17) is 19.4 Å². The molecule has 0 saturated carbocycles. The molecule has 226 valence electrons. The maximum atomic E-state index is 6.75. The second kappa shape index (κ2) is 9.93. The average Bonchev–Trinajstić information content (AvgIpc) is 3.64. The minimum Gasteiger partial charge on any atom is -0.455 e. The molecule has 0 N–H and O–H groups in total. The highest BCUT2D eigenvalue weighted by atomic mass is 16.3. The molecule has 0 aliphatic heterocycles. The molecule has 0 radical (unpaired) electrons. The fourth-order valence-corrected chi connectivity index (χ4v) is 7.88. The molecule has 2 aromatic heterocycles. The van der Waals surface area contributed by atoms with E-state index in [0.717, 1.165) is 49.4 Å². The summed E-state index contributed by atoms with van der Waals surface area (Å²) in [5.74, 6) is 1.92. The van der Waals surface area contributed by atoms with E-state index in [1.807, 2.05) is 24.3 Å². The number of hydrogen-bond donors (Lipinski definition) is 0. The number of furan rings is 1. The fourth-order valence-electron chi connectivity index (χ4n) is 7.88. The van der Waals surface area contributed by atoms with Gasteiger partial charge < -0.3 is 4.42 Å². The van der Waals surface area contributed by atoms with Crippen molar-refractivity contribution in [1.29, 1.82) is 0 Å². The molecule has 9 aromatic rings. The summed E-state index contributed by atoms with van der Waals surface area (Å²) in [4.78, 5) is 15.5. The second-order valence-electron chi connectivity index (χ2n) is 13.2. The largest absolute Gasteiger partial charge is 0.455 e. The fraction of sp³-hybridized carbons (Fsp3) is 0.0682. The van der Waals surface area contributed by atoms with Crippen molar-refractivity contribution in [2.75, 3.05) is 0 Å². The third kappa shape index (κ3) is 3.80. The molecular weight excluding hydrogens is 587 g/mol. The van der Waals surface area contributed by atoms with Crippen LogP contribution >= 0.6 is 0 Å². The molecule has 0 amide bonds. The van der Waals surface area contributed by atoms with Crippen molar-refractivity contribution in [2.45, 2.75) is 19.3 Å². The van der Waals surface area contributed by atoms with E-state index in [1.54, 1.807) is 0 Å². The normalized spacial score (nSPS) is 13.4. The van der Waals surface area contributed by atoms with E-state index in [-0.39, 0.29) is 5.41 Å². The molecule has 4 nitrogen and oxygen atoms in total. The Morgan fingerprint density at radius 2 is 1.17 bits per heavy atom. The van der Waals surface area contributed by atoms with Gasteiger partial charge in [-0.15, -0.1) is 0 Å². The van der Waals surface area contributed by atoms with Crippen LogP contribution in [0.15, 0.2) is 144 Å². The lowest BCUT2D eigenvalue weighted by atomic mass is 9.79. The molecule has 1 aliphatic rings. The smallest absolute Gasteiger partial charge is 0.164 e. The lowest BCUT2D eigenvalue weighted by Crippen LogP contribution is -2.15. The monoisotopic (exact) mass is 615 g/mol. The van der Waals surface area contributed by atoms with Crippen molar-refractivity contribution in [2.24, 2.45) is 0 Å². The van der Waals surface area contributed by atoms with Crippen LogP contribution < -0.4 is 0 Å². The molecule has 0 spiro atoms. The minimum atomic E-state index is -0.247. The molecule has 0 saturated heterocycles. The van der Waals surface area contributed by atoms with Crippen molar-refractivity contribution < 1.29 is 4.42 Å². The molecule has 2 heterocycles. The van der Waals surface area contributed by atoms with Crippen molar-refractivity contribution in [3.8, 4) is 45.3 Å². The Balaban J connectivity index is 1.34. The molecule has 0 bridgehead atoms. The third-order valence-corrected chi connectivity index (χ3v) is 10.1. The summed E-state index contributed by atoms with van der Waals surface area (Å²) in [5.41, 5.74) is 9.48. The zero-order valence-electron chi connectivity index (χ0n) is 26.5. The van der Waals surface area contributed by atoms with E-state index < -0.39 is 0 Å². The van der Waals surface area contributed by atoms with Crippen LogP contribution in [0.3, 0.4) is 0 Å². The molecular formula is C44H29N3O. The predicted octanol–water partition coefficient (Wildman–Crippen LogP) is 11.4. The lowest BCUT2D eigenvalue weighted by Gasteiger charge is -2.23. The van der Waals surface area contributed by atoms with Crippen LogP contribution in [0.4, 0.5) is 0 Å². The summed E-state index contributed by atoms with van der Waals surface area (Å²) in [6.07, 6.45) is 0. The van der Waals surface area contributed by atoms with Gasteiger partial charge in [0.2, 0.25) is 0 Å². The number of aromatic nitrogens is 3. The summed E-state index contributed by atoms with van der Waals surface area (Å²) < 4.78 is 6.75. The number of benzene rings is 7. The van der Waals surface area contributed by atoms with Gasteiger partial charge in [0.05, 0.1) is 0 Å². The van der Waals surface area contributed by atoms with Gasteiger partial charge in [0.15, 0.2) is 17.5 Å². The van der Waals surface area contributed by atoms with Crippen LogP contribution in [-0.4, -0.2) is 15.0 Å². The van der Waals surface area contributed by atoms with Gasteiger partial charge in [0.25, 0.3) is 0 Å². The molecule has 7 aromatic carbocycles. The lowest BCUT2D eigenvalue weighted by molar-refractivity contribution is 0.659. The summed E-state index contributed by atoms with van der Waals surface area (Å²) >= 11 is 0. The SMILES string of the molecule is CC1(C)c2ccccc2-c2c1c1c3ccccc3oc1c1cccc(-c3nc(-c4ccccc4)nc(-c4ccc5ccccc5c4)n3)c21. The van der Waals surface area contributed by atoms with Gasteiger partial charge in [-0.2, -0.15) is 0 Å². The number of nitrogens with zero attached hydrogens (tertiary/aromatic N) is 3. The Morgan fingerprint density at radius 3 is 2.04 bits per heavy atom. The van der Waals surface area contributed by atoms with Crippen LogP contribution in [-0.2, 0) is 5.41 Å². The van der Waals surface area contributed by atoms with Crippen molar-refractivity contribution in [3.05, 3.63) is 151 Å². The maximum absolute atomic E-state index is 6.75. The molecule has 48 heavy (non-hydrogen) atoms. The highest BCUT2D eigenvalue weighted by molar-refractivity contribution is 6.25. The molecule has 1 aliphatic carbocycles. The van der Waals surface area contributed by atoms with Gasteiger partial charge in [0.1, 0.15) is 11.2 Å². The van der Waals surface area contributed by atoms with Gasteiger partial charge in [-0.25, -0.2) is 15.0 Å². The van der Waals surface area contributed by atoms with E-state index in [0.29, 0.717) is 17.5 Å². The molecule has 10 rings (SSSR count). The van der Waals surface area contributed by atoms with Crippen LogP contribution in [0.25, 0.3) is 88.8 Å². The Kier molecular flexibility index (Phi) is 5.59. The zero-order valence-corrected chi connectivity index (χ0v) is 26.5. The third-order valence-electron chi connectivity index (χ3n) is 10.1. The second-order valence-corrected chi connectivity index (χ2v) is 13.2. The van der Waals surface area contributed by atoms with Gasteiger partial charge in [-0.05, 0) is 45.2 Å². The van der Waals surface area contributed by atoms with Gasteiger partial charge in [-0.3, -0.25) is 0 Å². The summed E-state index contributed by atoms with van der Waals surface area (Å²) in [6, 6.07) is 48.6. The van der Waals surface area contributed by atoms with Crippen molar-refractivity contribution in [3.63, 3.8) is 0 Å². The number of hydrogen-bond acceptors (Lipinski definition) is 4. The standard InChI is InChI=1S/C44H29N3O/c1-44(2)34-21-10-8-17-30(34)37-36-32(40-38(39(37)44)31-18-9-11-22-35(31)48-40)19-12-20-33(36)43-46-41(27-14-4-3-5-15-27)45-42(47-43)29-24-23-26-13-6-7-16-28(26)25-29/h3-25H,1-2H3. The van der Waals surface area contributed by atoms with E-state index in [2.05, 4.69) is 129 Å². The summed E-state index contributed by atoms with van der Waals surface area (Å²) in [6.45, 7) is 4.67. The van der Waals surface area contributed by atoms with Gasteiger partial charge in [0, 0.05) is 43.7 Å². The van der Waals surface area contributed by atoms with Gasteiger partial charge >= 0.3 is 0 Å². The molecule has 0 fully saturated rings.